The number of aromatic nitrogens is 3. The highest BCUT2D eigenvalue weighted by Crippen LogP contribution is 2.40. The van der Waals surface area contributed by atoms with Crippen molar-refractivity contribution < 1.29 is 18.0 Å². The number of nitrogens with zero attached hydrogens (tertiary/aromatic N) is 3. The number of hydrogen-bond acceptors (Lipinski definition) is 4. The predicted molar refractivity (Wildman–Crippen MR) is 77.6 cm³/mol. The van der Waals surface area contributed by atoms with Crippen molar-refractivity contribution in [3.63, 3.8) is 0 Å². The molecule has 0 spiro atoms. The van der Waals surface area contributed by atoms with E-state index in [2.05, 4.69) is 27.4 Å². The van der Waals surface area contributed by atoms with Gasteiger partial charge >= 0.3 is 6.18 Å². The van der Waals surface area contributed by atoms with E-state index in [1.54, 1.807) is 13.0 Å². The molecule has 1 aromatic heterocycles. The van der Waals surface area contributed by atoms with Crippen molar-refractivity contribution >= 4 is 5.91 Å². The molecule has 6 nitrogen and oxygen atoms in total. The summed E-state index contributed by atoms with van der Waals surface area (Å²) in [5.74, 6) is -1.40. The summed E-state index contributed by atoms with van der Waals surface area (Å²) in [5.41, 5.74) is 0. The van der Waals surface area contributed by atoms with Gasteiger partial charge < -0.3 is 9.88 Å². The first kappa shape index (κ1) is 17.5. The third-order valence-corrected chi connectivity index (χ3v) is 3.82. The number of rotatable bonds is 6. The Hall–Kier alpha value is -1.90. The molecule has 0 radical (unpaired) electrons. The van der Waals surface area contributed by atoms with Crippen molar-refractivity contribution in [3.8, 4) is 0 Å². The number of alkyl halides is 3. The van der Waals surface area contributed by atoms with Gasteiger partial charge in [0.1, 0.15) is 17.6 Å². The second-order valence-corrected chi connectivity index (χ2v) is 5.50. The molecule has 1 aliphatic rings. The van der Waals surface area contributed by atoms with Crippen molar-refractivity contribution in [1.29, 1.82) is 0 Å². The highest BCUT2D eigenvalue weighted by atomic mass is 19.4. The zero-order chi connectivity index (χ0) is 17.0. The van der Waals surface area contributed by atoms with Crippen LogP contribution in [0.4, 0.5) is 13.2 Å². The normalized spacial score (nSPS) is 19.0. The number of halogens is 3. The van der Waals surface area contributed by atoms with Gasteiger partial charge in [-0.1, -0.05) is 6.08 Å². The summed E-state index contributed by atoms with van der Waals surface area (Å²) in [6, 6.07) is -0.495. The van der Waals surface area contributed by atoms with E-state index in [9.17, 15) is 18.0 Å². The third-order valence-electron chi connectivity index (χ3n) is 3.82. The number of hydrogen-bond donors (Lipinski definition) is 2. The predicted octanol–water partition coefficient (Wildman–Crippen LogP) is 1.50. The van der Waals surface area contributed by atoms with Crippen molar-refractivity contribution in [2.24, 2.45) is 0 Å². The average Bonchev–Trinajstić information content (AvgIpc) is 2.92. The third kappa shape index (κ3) is 4.10. The summed E-state index contributed by atoms with van der Waals surface area (Å²) >= 11 is 0. The van der Waals surface area contributed by atoms with Crippen molar-refractivity contribution in [3.05, 3.63) is 24.3 Å². The second kappa shape index (κ2) is 7.12. The van der Waals surface area contributed by atoms with Gasteiger partial charge in [-0.3, -0.25) is 10.1 Å². The van der Waals surface area contributed by atoms with Gasteiger partial charge in [0.2, 0.25) is 5.91 Å². The molecule has 0 saturated heterocycles. The van der Waals surface area contributed by atoms with Gasteiger partial charge in [0.25, 0.3) is 0 Å². The Kier molecular flexibility index (Phi) is 5.40. The number of nitrogens with one attached hydrogen (secondary N) is 2. The van der Waals surface area contributed by atoms with Gasteiger partial charge in [-0.15, -0.1) is 16.8 Å². The van der Waals surface area contributed by atoms with E-state index in [1.807, 2.05) is 0 Å². The van der Waals surface area contributed by atoms with E-state index in [-0.39, 0.29) is 24.7 Å². The van der Waals surface area contributed by atoms with Crippen LogP contribution in [0.5, 0.6) is 0 Å². The molecule has 0 saturated carbocycles. The lowest BCUT2D eigenvalue weighted by Gasteiger charge is -2.25. The fourth-order valence-electron chi connectivity index (χ4n) is 2.54. The summed E-state index contributed by atoms with van der Waals surface area (Å²) in [7, 11) is 0. The average molecular weight is 331 g/mol. The van der Waals surface area contributed by atoms with Crippen LogP contribution in [0.3, 0.4) is 0 Å². The van der Waals surface area contributed by atoms with E-state index >= 15 is 0 Å². The first-order valence-corrected chi connectivity index (χ1v) is 7.45. The molecule has 0 unspecified atom stereocenters. The molecule has 2 rings (SSSR count). The maximum absolute atomic E-state index is 13.0. The van der Waals surface area contributed by atoms with Crippen LogP contribution in [-0.2, 0) is 17.9 Å². The van der Waals surface area contributed by atoms with Crippen LogP contribution in [0.2, 0.25) is 0 Å². The minimum atomic E-state index is -4.31. The van der Waals surface area contributed by atoms with Crippen LogP contribution < -0.4 is 10.6 Å². The summed E-state index contributed by atoms with van der Waals surface area (Å²) in [6.07, 6.45) is -2.28. The second-order valence-electron chi connectivity index (χ2n) is 5.50. The minimum Gasteiger partial charge on any atom is -0.351 e. The maximum Gasteiger partial charge on any atom is 0.398 e. The number of carbonyl (C=O) groups is 1. The van der Waals surface area contributed by atoms with Crippen molar-refractivity contribution in [2.45, 2.75) is 51.0 Å². The van der Waals surface area contributed by atoms with E-state index in [0.717, 1.165) is 0 Å². The van der Waals surface area contributed by atoms with Crippen LogP contribution >= 0.6 is 0 Å². The molecular formula is C14H20F3N5O. The van der Waals surface area contributed by atoms with Crippen LogP contribution in [0.1, 0.15) is 37.3 Å². The standard InChI is InChI=1S/C14H20F3N5O/c1-3-6-18-13(23)9(2)19-8-11-20-21-12-10(14(15,16)17)5-4-7-22(11)12/h3,9-10,19H,1,4-8H2,2H3,(H,18,23)/t9-,10-/m0/s1. The number of carbonyl (C=O) groups excluding carboxylic acids is 1. The molecule has 2 N–H and O–H groups in total. The minimum absolute atomic E-state index is 0.0371. The summed E-state index contributed by atoms with van der Waals surface area (Å²) < 4.78 is 40.5. The lowest BCUT2D eigenvalue weighted by molar-refractivity contribution is -0.156. The topological polar surface area (TPSA) is 71.8 Å². The Balaban J connectivity index is 2.02. The van der Waals surface area contributed by atoms with Gasteiger partial charge in [0.15, 0.2) is 0 Å². The highest BCUT2D eigenvalue weighted by Gasteiger charge is 2.45. The first-order valence-electron chi connectivity index (χ1n) is 7.45. The highest BCUT2D eigenvalue weighted by molar-refractivity contribution is 5.81. The SMILES string of the molecule is C=CCNC(=O)[C@H](C)NCc1nnc2n1CCC[C@@H]2C(F)(F)F. The van der Waals surface area contributed by atoms with Gasteiger partial charge in [-0.05, 0) is 19.8 Å². The molecule has 9 heteroatoms. The Morgan fingerprint density at radius 1 is 1.52 bits per heavy atom. The molecule has 0 aliphatic carbocycles. The summed E-state index contributed by atoms with van der Waals surface area (Å²) in [5, 5.41) is 13.2. The van der Waals surface area contributed by atoms with Gasteiger partial charge in [0.05, 0.1) is 12.6 Å². The monoisotopic (exact) mass is 331 g/mol. The van der Waals surface area contributed by atoms with Crippen LogP contribution in [0, 0.1) is 0 Å². The fraction of sp³-hybridized carbons (Fsp3) is 0.643. The molecule has 0 aromatic carbocycles. The first-order chi connectivity index (χ1) is 10.8. The van der Waals surface area contributed by atoms with Gasteiger partial charge in [-0.2, -0.15) is 13.2 Å². The number of fused-ring (bicyclic) bond motifs is 1. The summed E-state index contributed by atoms with van der Waals surface area (Å²) in [6.45, 7) is 6.18. The Morgan fingerprint density at radius 3 is 2.91 bits per heavy atom. The van der Waals surface area contributed by atoms with Crippen LogP contribution in [0.15, 0.2) is 12.7 Å². The largest absolute Gasteiger partial charge is 0.398 e. The van der Waals surface area contributed by atoms with Gasteiger partial charge in [-0.25, -0.2) is 0 Å². The Morgan fingerprint density at radius 2 is 2.26 bits per heavy atom. The van der Waals surface area contributed by atoms with E-state index in [1.165, 1.54) is 4.57 Å². The molecule has 2 atom stereocenters. The summed E-state index contributed by atoms with van der Waals surface area (Å²) in [4.78, 5) is 11.7. The molecule has 23 heavy (non-hydrogen) atoms. The van der Waals surface area contributed by atoms with E-state index in [4.69, 9.17) is 0 Å². The molecule has 0 bridgehead atoms. The van der Waals surface area contributed by atoms with E-state index < -0.39 is 18.1 Å². The lowest BCUT2D eigenvalue weighted by atomic mass is 9.98. The molecular weight excluding hydrogens is 311 g/mol. The zero-order valence-corrected chi connectivity index (χ0v) is 12.9. The maximum atomic E-state index is 13.0. The molecule has 1 aliphatic heterocycles. The molecule has 0 fully saturated rings. The Labute approximate surface area is 132 Å². The molecule has 2 heterocycles. The Bertz CT molecular complexity index is 569. The van der Waals surface area contributed by atoms with E-state index in [0.29, 0.717) is 25.3 Å². The molecule has 128 valence electrons. The number of amides is 1. The fourth-order valence-corrected chi connectivity index (χ4v) is 2.54. The lowest BCUT2D eigenvalue weighted by Crippen LogP contribution is -2.42. The zero-order valence-electron chi connectivity index (χ0n) is 12.9. The molecule has 1 aromatic rings. The van der Waals surface area contributed by atoms with Crippen molar-refractivity contribution in [2.75, 3.05) is 6.54 Å². The van der Waals surface area contributed by atoms with Gasteiger partial charge in [0, 0.05) is 13.1 Å². The van der Waals surface area contributed by atoms with Crippen LogP contribution in [-0.4, -0.2) is 39.4 Å². The van der Waals surface area contributed by atoms with Crippen molar-refractivity contribution in [1.82, 2.24) is 25.4 Å². The molecule has 1 amide bonds. The smallest absolute Gasteiger partial charge is 0.351 e. The van der Waals surface area contributed by atoms with Crippen LogP contribution in [0.25, 0.3) is 0 Å². The quantitative estimate of drug-likeness (QED) is 0.775.